The molecule has 3 amide bonds. The number of alkyl carbamates (subject to hydrolysis) is 1. The average Bonchev–Trinajstić information content (AvgIpc) is 3.45. The van der Waals surface area contributed by atoms with Crippen LogP contribution in [0, 0.1) is 5.92 Å². The summed E-state index contributed by atoms with van der Waals surface area (Å²) in [6.45, 7) is 13.3. The van der Waals surface area contributed by atoms with Crippen LogP contribution in [0.15, 0.2) is 36.9 Å². The van der Waals surface area contributed by atoms with E-state index in [0.717, 1.165) is 24.8 Å². The Hall–Kier alpha value is -3.44. The molecule has 2 saturated heterocycles. The highest BCUT2D eigenvalue weighted by molar-refractivity contribution is 5.90. The summed E-state index contributed by atoms with van der Waals surface area (Å²) in [5.74, 6) is -1.23. The first kappa shape index (κ1) is 32.1. The van der Waals surface area contributed by atoms with Crippen molar-refractivity contribution in [1.82, 2.24) is 20.6 Å². The molecular weight excluding hydrogens is 526 g/mol. The van der Waals surface area contributed by atoms with Crippen LogP contribution >= 0.6 is 0 Å². The van der Waals surface area contributed by atoms with Crippen molar-refractivity contribution in [1.29, 1.82) is 0 Å². The molecule has 0 aliphatic carbocycles. The highest BCUT2D eigenvalue weighted by Crippen LogP contribution is 2.37. The Labute approximate surface area is 242 Å². The standard InChI is InChI=1S/C30H45N5O6/c1-7-9-10-11-12-23(8-2)25(37)41-35-27(33-28(39)40-29(4,5)6)34(26(38)30(35)17-18-31-20-30)19-22-13-15-24(16-14-22)32-21(3)36/h7,13-16,23,27,31H,1,8-12,17-20H2,2-6H3,(H,32,36)(H,33,39). The van der Waals surface area contributed by atoms with Crippen LogP contribution in [0.4, 0.5) is 10.5 Å². The number of hydroxylamine groups is 2. The summed E-state index contributed by atoms with van der Waals surface area (Å²) in [4.78, 5) is 59.5. The number of carbonyl (C=O) groups excluding carboxylic acids is 4. The van der Waals surface area contributed by atoms with Gasteiger partial charge in [0.1, 0.15) is 5.60 Å². The van der Waals surface area contributed by atoms with Crippen LogP contribution in [-0.4, -0.2) is 64.4 Å². The molecule has 0 bridgehead atoms. The van der Waals surface area contributed by atoms with Crippen molar-refractivity contribution >= 4 is 29.6 Å². The van der Waals surface area contributed by atoms with Gasteiger partial charge in [0.15, 0.2) is 11.8 Å². The number of unbranched alkanes of at least 4 members (excludes halogenated alkanes) is 2. The van der Waals surface area contributed by atoms with Crippen LogP contribution in [0.2, 0.25) is 0 Å². The van der Waals surface area contributed by atoms with Crippen molar-refractivity contribution < 1.29 is 28.8 Å². The first-order chi connectivity index (χ1) is 19.4. The van der Waals surface area contributed by atoms with Gasteiger partial charge < -0.3 is 25.1 Å². The lowest BCUT2D eigenvalue weighted by atomic mass is 9.97. The van der Waals surface area contributed by atoms with Gasteiger partial charge in [0.25, 0.3) is 5.91 Å². The maximum absolute atomic E-state index is 14.1. The van der Waals surface area contributed by atoms with Crippen LogP contribution in [-0.2, 0) is 30.5 Å². The predicted molar refractivity (Wildman–Crippen MR) is 155 cm³/mol. The molecule has 2 aliphatic rings. The molecule has 3 N–H and O–H groups in total. The normalized spacial score (nSPS) is 21.5. The minimum atomic E-state index is -1.17. The van der Waals surface area contributed by atoms with Gasteiger partial charge in [0.05, 0.1) is 5.92 Å². The third-order valence-corrected chi connectivity index (χ3v) is 7.23. The molecule has 0 radical (unpaired) electrons. The van der Waals surface area contributed by atoms with E-state index >= 15 is 0 Å². The quantitative estimate of drug-likeness (QED) is 0.253. The van der Waals surface area contributed by atoms with E-state index in [1.54, 1.807) is 45.0 Å². The lowest BCUT2D eigenvalue weighted by Crippen LogP contribution is -2.58. The topological polar surface area (TPSA) is 129 Å². The van der Waals surface area contributed by atoms with E-state index in [2.05, 4.69) is 22.5 Å². The van der Waals surface area contributed by atoms with Crippen molar-refractivity contribution in [2.45, 2.75) is 97.1 Å². The minimum Gasteiger partial charge on any atom is -0.444 e. The number of nitrogens with one attached hydrogen (secondary N) is 3. The summed E-state index contributed by atoms with van der Waals surface area (Å²) in [5, 5.41) is 10.1. The van der Waals surface area contributed by atoms with E-state index in [4.69, 9.17) is 9.57 Å². The zero-order valence-corrected chi connectivity index (χ0v) is 25.0. The van der Waals surface area contributed by atoms with E-state index in [0.29, 0.717) is 31.5 Å². The molecule has 2 fully saturated rings. The second-order valence-corrected chi connectivity index (χ2v) is 11.7. The maximum Gasteiger partial charge on any atom is 0.410 e. The Kier molecular flexibility index (Phi) is 10.9. The average molecular weight is 572 g/mol. The SMILES string of the molecule is C=CCCCCC(CC)C(=O)ON1C(NC(=O)OC(C)(C)C)N(Cc2ccc(NC(C)=O)cc2)C(=O)C12CCNC2. The maximum atomic E-state index is 14.1. The molecule has 3 rings (SSSR count). The zero-order valence-electron chi connectivity index (χ0n) is 25.0. The van der Waals surface area contributed by atoms with Gasteiger partial charge >= 0.3 is 12.1 Å². The number of amides is 3. The molecule has 11 heteroatoms. The number of carbonyl (C=O) groups is 4. The number of hydrogen-bond donors (Lipinski definition) is 3. The summed E-state index contributed by atoms with van der Waals surface area (Å²) in [6, 6.07) is 7.09. The van der Waals surface area contributed by atoms with Crippen molar-refractivity contribution in [3.63, 3.8) is 0 Å². The third-order valence-electron chi connectivity index (χ3n) is 7.23. The van der Waals surface area contributed by atoms with Crippen LogP contribution in [0.1, 0.15) is 78.7 Å². The number of ether oxygens (including phenoxy) is 1. The van der Waals surface area contributed by atoms with E-state index < -0.39 is 29.5 Å². The largest absolute Gasteiger partial charge is 0.444 e. The molecule has 3 atom stereocenters. The van der Waals surface area contributed by atoms with Gasteiger partial charge in [0, 0.05) is 25.7 Å². The smallest absolute Gasteiger partial charge is 0.410 e. The zero-order chi connectivity index (χ0) is 30.2. The molecule has 0 aromatic heterocycles. The Bertz CT molecular complexity index is 1090. The lowest BCUT2D eigenvalue weighted by Gasteiger charge is -2.34. The summed E-state index contributed by atoms with van der Waals surface area (Å²) in [7, 11) is 0. The Balaban J connectivity index is 1.92. The second kappa shape index (κ2) is 14.0. The van der Waals surface area contributed by atoms with Gasteiger partial charge in [0.2, 0.25) is 5.91 Å². The number of benzene rings is 1. The predicted octanol–water partition coefficient (Wildman–Crippen LogP) is 4.06. The van der Waals surface area contributed by atoms with Gasteiger partial charge in [-0.2, -0.15) is 0 Å². The molecule has 1 aromatic carbocycles. The molecule has 11 nitrogen and oxygen atoms in total. The van der Waals surface area contributed by atoms with E-state index in [1.165, 1.54) is 16.9 Å². The van der Waals surface area contributed by atoms with Gasteiger partial charge in [-0.25, -0.2) is 4.79 Å². The number of anilines is 1. The molecule has 2 aliphatic heterocycles. The summed E-state index contributed by atoms with van der Waals surface area (Å²) in [6.07, 6.45) is 4.35. The summed E-state index contributed by atoms with van der Waals surface area (Å²) in [5.41, 5.74) is -0.550. The van der Waals surface area contributed by atoms with E-state index in [-0.39, 0.29) is 30.8 Å². The monoisotopic (exact) mass is 571 g/mol. The third kappa shape index (κ3) is 8.29. The summed E-state index contributed by atoms with van der Waals surface area (Å²) >= 11 is 0. The van der Waals surface area contributed by atoms with Gasteiger partial charge in [-0.3, -0.25) is 19.7 Å². The Morgan fingerprint density at radius 2 is 1.93 bits per heavy atom. The van der Waals surface area contributed by atoms with Crippen LogP contribution in [0.3, 0.4) is 0 Å². The molecule has 226 valence electrons. The van der Waals surface area contributed by atoms with Gasteiger partial charge in [-0.1, -0.05) is 36.6 Å². The first-order valence-corrected chi connectivity index (χ1v) is 14.4. The minimum absolute atomic E-state index is 0.133. The molecular formula is C30H45N5O6. The molecule has 2 heterocycles. The van der Waals surface area contributed by atoms with Gasteiger partial charge in [-0.05, 0) is 77.1 Å². The number of hydrogen-bond acceptors (Lipinski definition) is 8. The van der Waals surface area contributed by atoms with Crippen molar-refractivity contribution in [3.05, 3.63) is 42.5 Å². The van der Waals surface area contributed by atoms with Crippen LogP contribution in [0.25, 0.3) is 0 Å². The second-order valence-electron chi connectivity index (χ2n) is 11.7. The summed E-state index contributed by atoms with van der Waals surface area (Å²) < 4.78 is 5.52. The highest BCUT2D eigenvalue weighted by Gasteiger charge is 2.62. The Morgan fingerprint density at radius 1 is 1.22 bits per heavy atom. The molecule has 3 unspecified atom stereocenters. The van der Waals surface area contributed by atoms with Gasteiger partial charge in [-0.15, -0.1) is 6.58 Å². The van der Waals surface area contributed by atoms with Crippen LogP contribution < -0.4 is 16.0 Å². The lowest BCUT2D eigenvalue weighted by molar-refractivity contribution is -0.234. The fourth-order valence-corrected chi connectivity index (χ4v) is 5.16. The number of rotatable bonds is 12. The number of nitrogens with zero attached hydrogens (tertiary/aromatic N) is 2. The molecule has 41 heavy (non-hydrogen) atoms. The molecule has 1 spiro atoms. The number of allylic oxidation sites excluding steroid dienone is 1. The van der Waals surface area contributed by atoms with E-state index in [1.807, 2.05) is 13.0 Å². The molecule has 1 aromatic rings. The van der Waals surface area contributed by atoms with Crippen molar-refractivity contribution in [2.75, 3.05) is 18.4 Å². The Morgan fingerprint density at radius 3 is 2.49 bits per heavy atom. The van der Waals surface area contributed by atoms with E-state index in [9.17, 15) is 19.2 Å². The first-order valence-electron chi connectivity index (χ1n) is 14.4. The fraction of sp³-hybridized carbons (Fsp3) is 0.600. The van der Waals surface area contributed by atoms with Crippen LogP contribution in [0.5, 0.6) is 0 Å². The molecule has 0 saturated carbocycles. The fourth-order valence-electron chi connectivity index (χ4n) is 5.16. The van der Waals surface area contributed by atoms with Crippen molar-refractivity contribution in [2.24, 2.45) is 5.92 Å². The highest BCUT2D eigenvalue weighted by atomic mass is 16.7. The van der Waals surface area contributed by atoms with Crippen molar-refractivity contribution in [3.8, 4) is 0 Å².